The van der Waals surface area contributed by atoms with Crippen molar-refractivity contribution in [3.05, 3.63) is 45.9 Å². The third-order valence-corrected chi connectivity index (χ3v) is 5.12. The number of nitrogens with zero attached hydrogens (tertiary/aromatic N) is 1. The molecule has 0 spiro atoms. The Labute approximate surface area is 141 Å². The molecule has 1 amide bonds. The maximum Gasteiger partial charge on any atom is 0.255 e. The summed E-state index contributed by atoms with van der Waals surface area (Å²) in [6.45, 7) is 0. The first-order valence-electron chi connectivity index (χ1n) is 6.92. The number of benzene rings is 1. The van der Waals surface area contributed by atoms with E-state index in [1.807, 2.05) is 0 Å². The van der Waals surface area contributed by atoms with E-state index in [9.17, 15) is 9.59 Å². The molecule has 2 heterocycles. The molecule has 6 nitrogen and oxygen atoms in total. The van der Waals surface area contributed by atoms with Gasteiger partial charge in [0.05, 0.1) is 18.6 Å². The molecule has 0 fully saturated rings. The van der Waals surface area contributed by atoms with Gasteiger partial charge in [-0.25, -0.2) is 4.98 Å². The van der Waals surface area contributed by atoms with Crippen LogP contribution in [0.4, 0.5) is 5.69 Å². The zero-order valence-electron chi connectivity index (χ0n) is 12.4. The second-order valence-corrected chi connectivity index (χ2v) is 6.80. The second kappa shape index (κ2) is 7.10. The van der Waals surface area contributed by atoms with Crippen molar-refractivity contribution in [1.82, 2.24) is 9.97 Å². The van der Waals surface area contributed by atoms with Crippen molar-refractivity contribution in [2.24, 2.45) is 0 Å². The minimum Gasteiger partial charge on any atom is -0.497 e. The first-order chi connectivity index (χ1) is 11.2. The Bertz CT molecular complexity index is 775. The minimum absolute atomic E-state index is 0.0990. The number of anilines is 1. The van der Waals surface area contributed by atoms with Crippen molar-refractivity contribution in [2.75, 3.05) is 18.2 Å². The van der Waals surface area contributed by atoms with E-state index >= 15 is 0 Å². The van der Waals surface area contributed by atoms with Crippen LogP contribution in [0.5, 0.6) is 5.75 Å². The van der Waals surface area contributed by atoms with Crippen molar-refractivity contribution < 1.29 is 9.53 Å². The van der Waals surface area contributed by atoms with Gasteiger partial charge >= 0.3 is 0 Å². The fraction of sp³-hybridized carbons (Fsp3) is 0.267. The molecule has 1 aliphatic heterocycles. The predicted molar refractivity (Wildman–Crippen MR) is 92.2 cm³/mol. The van der Waals surface area contributed by atoms with Gasteiger partial charge in [-0.2, -0.15) is 11.8 Å². The number of carbonyl (C=O) groups excluding carboxylic acids is 1. The fourth-order valence-electron chi connectivity index (χ4n) is 2.11. The van der Waals surface area contributed by atoms with Gasteiger partial charge in [0.2, 0.25) is 5.91 Å². The fourth-order valence-corrected chi connectivity index (χ4v) is 3.83. The van der Waals surface area contributed by atoms with Gasteiger partial charge in [0.25, 0.3) is 5.56 Å². The van der Waals surface area contributed by atoms with Crippen LogP contribution in [0.3, 0.4) is 0 Å². The second-order valence-electron chi connectivity index (χ2n) is 4.85. The van der Waals surface area contributed by atoms with Crippen LogP contribution in [0, 0.1) is 0 Å². The number of H-pyrrole nitrogens is 1. The summed E-state index contributed by atoms with van der Waals surface area (Å²) < 4.78 is 5.07. The molecule has 0 atom stereocenters. The maximum atomic E-state index is 12.0. The summed E-state index contributed by atoms with van der Waals surface area (Å²) in [6, 6.07) is 7.10. The Hall–Kier alpha value is -1.93. The summed E-state index contributed by atoms with van der Waals surface area (Å²) in [5, 5.41) is 3.28. The highest BCUT2D eigenvalue weighted by molar-refractivity contribution is 7.99. The standard InChI is InChI=1S/C15H15N3O3S2/c1-21-10-4-2-9(3-5-10)16-13(19)8-23-15-17-12-7-22-6-11(12)14(20)18-15/h2-5H,6-8H2,1H3,(H,16,19)(H,17,18,20). The van der Waals surface area contributed by atoms with Crippen LogP contribution in [-0.4, -0.2) is 28.7 Å². The molecule has 0 radical (unpaired) electrons. The number of hydrogen-bond acceptors (Lipinski definition) is 6. The minimum atomic E-state index is -0.155. The Morgan fingerprint density at radius 3 is 2.91 bits per heavy atom. The largest absolute Gasteiger partial charge is 0.497 e. The number of aromatic nitrogens is 2. The lowest BCUT2D eigenvalue weighted by Crippen LogP contribution is -2.17. The molecule has 3 rings (SSSR count). The Kier molecular flexibility index (Phi) is 4.92. The summed E-state index contributed by atoms with van der Waals surface area (Å²) in [4.78, 5) is 31.0. The highest BCUT2D eigenvalue weighted by Gasteiger charge is 2.18. The monoisotopic (exact) mass is 349 g/mol. The normalized spacial score (nSPS) is 12.7. The Morgan fingerprint density at radius 2 is 2.17 bits per heavy atom. The molecule has 0 saturated carbocycles. The quantitative estimate of drug-likeness (QED) is 0.636. The van der Waals surface area contributed by atoms with E-state index in [0.717, 1.165) is 22.8 Å². The Morgan fingerprint density at radius 1 is 1.39 bits per heavy atom. The van der Waals surface area contributed by atoms with Gasteiger partial charge in [-0.3, -0.25) is 9.59 Å². The molecular formula is C15H15N3O3S2. The van der Waals surface area contributed by atoms with Crippen molar-refractivity contribution in [3.8, 4) is 5.75 Å². The van der Waals surface area contributed by atoms with Gasteiger partial charge in [0.15, 0.2) is 5.16 Å². The topological polar surface area (TPSA) is 84.1 Å². The molecule has 8 heteroatoms. The highest BCUT2D eigenvalue weighted by Crippen LogP contribution is 2.26. The smallest absolute Gasteiger partial charge is 0.255 e. The number of methoxy groups -OCH3 is 1. The zero-order chi connectivity index (χ0) is 16.2. The van der Waals surface area contributed by atoms with Gasteiger partial charge in [-0.15, -0.1) is 0 Å². The number of fused-ring (bicyclic) bond motifs is 1. The van der Waals surface area contributed by atoms with Gasteiger partial charge in [0, 0.05) is 22.8 Å². The van der Waals surface area contributed by atoms with Crippen LogP contribution in [-0.2, 0) is 16.3 Å². The SMILES string of the molecule is COc1ccc(NC(=O)CSc2nc3c(c(=O)[nH]2)CSC3)cc1. The third-order valence-electron chi connectivity index (χ3n) is 3.28. The lowest BCUT2D eigenvalue weighted by molar-refractivity contribution is -0.113. The lowest BCUT2D eigenvalue weighted by Gasteiger charge is -2.06. The summed E-state index contributed by atoms with van der Waals surface area (Å²) in [5.41, 5.74) is 2.18. The Balaban J connectivity index is 1.58. The average molecular weight is 349 g/mol. The van der Waals surface area contributed by atoms with Crippen molar-refractivity contribution >= 4 is 35.1 Å². The zero-order valence-corrected chi connectivity index (χ0v) is 14.1. The number of rotatable bonds is 5. The molecule has 0 unspecified atom stereocenters. The van der Waals surface area contributed by atoms with E-state index in [1.165, 1.54) is 11.8 Å². The van der Waals surface area contributed by atoms with Crippen LogP contribution in [0.15, 0.2) is 34.2 Å². The van der Waals surface area contributed by atoms with Gasteiger partial charge in [-0.05, 0) is 24.3 Å². The molecule has 2 aromatic rings. The van der Waals surface area contributed by atoms with E-state index in [4.69, 9.17) is 4.74 Å². The summed E-state index contributed by atoms with van der Waals surface area (Å²) in [5.74, 6) is 2.22. The number of nitrogens with one attached hydrogen (secondary N) is 2. The molecule has 0 saturated heterocycles. The maximum absolute atomic E-state index is 12.0. The molecule has 1 aliphatic rings. The number of ether oxygens (including phenoxy) is 1. The number of hydrogen-bond donors (Lipinski definition) is 2. The number of amides is 1. The van der Waals surface area contributed by atoms with E-state index in [0.29, 0.717) is 16.6 Å². The summed E-state index contributed by atoms with van der Waals surface area (Å²) in [7, 11) is 1.59. The van der Waals surface area contributed by atoms with Crippen LogP contribution in [0.25, 0.3) is 0 Å². The van der Waals surface area contributed by atoms with E-state index < -0.39 is 0 Å². The van der Waals surface area contributed by atoms with Crippen LogP contribution < -0.4 is 15.6 Å². The number of carbonyl (C=O) groups is 1. The van der Waals surface area contributed by atoms with Gasteiger partial charge in [0.1, 0.15) is 5.75 Å². The number of aromatic amines is 1. The average Bonchev–Trinajstić information content (AvgIpc) is 3.03. The van der Waals surface area contributed by atoms with E-state index in [-0.39, 0.29) is 17.2 Å². The third kappa shape index (κ3) is 3.89. The molecule has 23 heavy (non-hydrogen) atoms. The van der Waals surface area contributed by atoms with Crippen LogP contribution in [0.1, 0.15) is 11.3 Å². The highest BCUT2D eigenvalue weighted by atomic mass is 32.2. The molecule has 0 aliphatic carbocycles. The first kappa shape index (κ1) is 15.9. The summed E-state index contributed by atoms with van der Waals surface area (Å²) >= 11 is 2.90. The summed E-state index contributed by atoms with van der Waals surface area (Å²) in [6.07, 6.45) is 0. The van der Waals surface area contributed by atoms with Crippen LogP contribution in [0.2, 0.25) is 0 Å². The molecule has 0 bridgehead atoms. The first-order valence-corrected chi connectivity index (χ1v) is 9.06. The van der Waals surface area contributed by atoms with Gasteiger partial charge < -0.3 is 15.0 Å². The van der Waals surface area contributed by atoms with E-state index in [1.54, 1.807) is 43.1 Å². The van der Waals surface area contributed by atoms with Crippen molar-refractivity contribution in [2.45, 2.75) is 16.7 Å². The molecule has 1 aromatic heterocycles. The molecule has 1 aromatic carbocycles. The molecule has 120 valence electrons. The van der Waals surface area contributed by atoms with Crippen LogP contribution >= 0.6 is 23.5 Å². The lowest BCUT2D eigenvalue weighted by atomic mass is 10.3. The van der Waals surface area contributed by atoms with Crippen molar-refractivity contribution in [3.63, 3.8) is 0 Å². The number of thioether (sulfide) groups is 2. The molecule has 2 N–H and O–H groups in total. The van der Waals surface area contributed by atoms with E-state index in [2.05, 4.69) is 15.3 Å². The molecular weight excluding hydrogens is 334 g/mol. The van der Waals surface area contributed by atoms with Gasteiger partial charge in [-0.1, -0.05) is 11.8 Å². The predicted octanol–water partition coefficient (Wildman–Crippen LogP) is 2.26. The van der Waals surface area contributed by atoms with Crippen molar-refractivity contribution in [1.29, 1.82) is 0 Å².